The van der Waals surface area contributed by atoms with Crippen molar-refractivity contribution in [1.29, 1.82) is 0 Å². The minimum absolute atomic E-state index is 0.331. The van der Waals surface area contributed by atoms with Crippen LogP contribution in [0.1, 0.15) is 25.7 Å². The lowest BCUT2D eigenvalue weighted by Gasteiger charge is -2.38. The van der Waals surface area contributed by atoms with Crippen LogP contribution >= 0.6 is 0 Å². The number of piperazine rings is 1. The van der Waals surface area contributed by atoms with Crippen molar-refractivity contribution in [2.75, 3.05) is 38.5 Å². The largest absolute Gasteiger partial charge is 0.461 e. The predicted octanol–water partition coefficient (Wildman–Crippen LogP) is 2.48. The number of fused-ring (bicyclic) bond motifs is 3. The fraction of sp³-hybridized carbons (Fsp3) is 0.500. The topological polar surface area (TPSA) is 93.6 Å². The maximum absolute atomic E-state index is 6.22. The molecule has 0 unspecified atom stereocenters. The molecule has 0 atom stereocenters. The number of aromatic nitrogens is 5. The monoisotopic (exact) mass is 420 g/mol. The lowest BCUT2D eigenvalue weighted by Crippen LogP contribution is -2.50. The van der Waals surface area contributed by atoms with Crippen molar-refractivity contribution in [1.82, 2.24) is 33.9 Å². The minimum atomic E-state index is 0.331. The summed E-state index contributed by atoms with van der Waals surface area (Å²) in [5, 5.41) is 5.42. The Morgan fingerprint density at radius 2 is 1.84 bits per heavy atom. The summed E-state index contributed by atoms with van der Waals surface area (Å²) < 4.78 is 9.21. The molecule has 1 aliphatic heterocycles. The summed E-state index contributed by atoms with van der Waals surface area (Å²) in [6.45, 7) is 6.57. The summed E-state index contributed by atoms with van der Waals surface area (Å²) in [5.74, 6) is 1.46. The quantitative estimate of drug-likeness (QED) is 0.530. The van der Waals surface area contributed by atoms with E-state index in [1.165, 1.54) is 38.8 Å². The predicted molar refractivity (Wildman–Crippen MR) is 119 cm³/mol. The number of nitrogens with zero attached hydrogens (tertiary/aromatic N) is 7. The SMILES string of the molecule is Nc1nc2c(ccn2CCN2CCN(C3CCCC3)CC2)c2nc(-c3ccco3)nn12. The molecule has 162 valence electrons. The smallest absolute Gasteiger partial charge is 0.225 e. The van der Waals surface area contributed by atoms with Gasteiger partial charge in [-0.15, -0.1) is 5.10 Å². The molecule has 2 N–H and O–H groups in total. The van der Waals surface area contributed by atoms with Crippen molar-refractivity contribution in [3.8, 4) is 11.6 Å². The molecule has 4 aromatic rings. The van der Waals surface area contributed by atoms with Crippen LogP contribution in [0.4, 0.5) is 5.95 Å². The van der Waals surface area contributed by atoms with Crippen LogP contribution in [-0.2, 0) is 6.54 Å². The zero-order valence-corrected chi connectivity index (χ0v) is 17.7. The fourth-order valence-corrected chi connectivity index (χ4v) is 5.13. The van der Waals surface area contributed by atoms with Gasteiger partial charge in [0.1, 0.15) is 5.65 Å². The Morgan fingerprint density at radius 3 is 2.61 bits per heavy atom. The summed E-state index contributed by atoms with van der Waals surface area (Å²) in [6, 6.07) is 6.55. The van der Waals surface area contributed by atoms with Crippen LogP contribution in [0.15, 0.2) is 35.1 Å². The molecule has 5 heterocycles. The van der Waals surface area contributed by atoms with Gasteiger partial charge in [-0.3, -0.25) is 9.80 Å². The summed E-state index contributed by atoms with van der Waals surface area (Å²) in [6.07, 6.45) is 9.28. The number of nitrogen functional groups attached to an aromatic ring is 1. The zero-order valence-electron chi connectivity index (χ0n) is 17.7. The Bertz CT molecular complexity index is 1180. The molecule has 0 aromatic carbocycles. The summed E-state index contributed by atoms with van der Waals surface area (Å²) in [7, 11) is 0. The molecule has 2 aliphatic rings. The van der Waals surface area contributed by atoms with Gasteiger partial charge in [-0.05, 0) is 31.0 Å². The van der Waals surface area contributed by atoms with Crippen LogP contribution < -0.4 is 5.73 Å². The van der Waals surface area contributed by atoms with Gasteiger partial charge in [0.05, 0.1) is 11.6 Å². The highest BCUT2D eigenvalue weighted by atomic mass is 16.3. The fourth-order valence-electron chi connectivity index (χ4n) is 5.13. The van der Waals surface area contributed by atoms with Crippen LogP contribution in [0, 0.1) is 0 Å². The van der Waals surface area contributed by atoms with Crippen molar-refractivity contribution in [2.45, 2.75) is 38.3 Å². The van der Waals surface area contributed by atoms with Crippen LogP contribution in [0.3, 0.4) is 0 Å². The average molecular weight is 421 g/mol. The number of hydrogen-bond donors (Lipinski definition) is 1. The first-order chi connectivity index (χ1) is 15.3. The van der Waals surface area contributed by atoms with Gasteiger partial charge in [0.25, 0.3) is 0 Å². The van der Waals surface area contributed by atoms with E-state index in [0.717, 1.165) is 43.3 Å². The standard InChI is InChI=1S/C22H28N8O/c23-22-25-20-17(21-24-19(26-30(21)22)18-6-3-15-31-18)7-8-29(20)14-11-27-9-12-28(13-10-27)16-4-1-2-5-16/h3,6-8,15-16H,1-2,4-5,9-14H2,(H2,23,25). The second-order valence-corrected chi connectivity index (χ2v) is 8.68. The molecule has 0 radical (unpaired) electrons. The third-order valence-electron chi connectivity index (χ3n) is 6.87. The molecule has 0 spiro atoms. The summed E-state index contributed by atoms with van der Waals surface area (Å²) >= 11 is 0. The third kappa shape index (κ3) is 3.37. The van der Waals surface area contributed by atoms with Gasteiger partial charge in [-0.1, -0.05) is 12.8 Å². The van der Waals surface area contributed by atoms with Crippen molar-refractivity contribution >= 4 is 22.6 Å². The van der Waals surface area contributed by atoms with Gasteiger partial charge in [-0.25, -0.2) is 4.98 Å². The van der Waals surface area contributed by atoms with Crippen LogP contribution in [-0.4, -0.2) is 72.7 Å². The van der Waals surface area contributed by atoms with Crippen LogP contribution in [0.2, 0.25) is 0 Å². The Labute approximate surface area is 180 Å². The van der Waals surface area contributed by atoms with E-state index in [1.807, 2.05) is 12.1 Å². The van der Waals surface area contributed by atoms with E-state index in [0.29, 0.717) is 23.2 Å². The first-order valence-electron chi connectivity index (χ1n) is 11.3. The third-order valence-corrected chi connectivity index (χ3v) is 6.87. The van der Waals surface area contributed by atoms with Gasteiger partial charge in [0.15, 0.2) is 11.4 Å². The Hall–Kier alpha value is -2.91. The lowest BCUT2D eigenvalue weighted by atomic mass is 10.2. The van der Waals surface area contributed by atoms with E-state index in [2.05, 4.69) is 41.7 Å². The minimum Gasteiger partial charge on any atom is -0.461 e. The van der Waals surface area contributed by atoms with E-state index in [-0.39, 0.29) is 0 Å². The maximum Gasteiger partial charge on any atom is 0.225 e. The summed E-state index contributed by atoms with van der Waals surface area (Å²) in [5.41, 5.74) is 7.78. The first kappa shape index (κ1) is 18.8. The molecular formula is C22H28N8O. The number of hydrogen-bond acceptors (Lipinski definition) is 7. The molecule has 1 aliphatic carbocycles. The highest BCUT2D eigenvalue weighted by Gasteiger charge is 2.26. The van der Waals surface area contributed by atoms with Gasteiger partial charge in [0, 0.05) is 51.5 Å². The number of nitrogens with two attached hydrogens (primary N) is 1. The normalized spacial score (nSPS) is 19.2. The molecule has 4 aromatic heterocycles. The van der Waals surface area contributed by atoms with E-state index >= 15 is 0 Å². The van der Waals surface area contributed by atoms with E-state index in [1.54, 1.807) is 10.8 Å². The molecule has 1 saturated carbocycles. The highest BCUT2D eigenvalue weighted by Crippen LogP contribution is 2.26. The van der Waals surface area contributed by atoms with Crippen molar-refractivity contribution in [3.63, 3.8) is 0 Å². The molecule has 6 rings (SSSR count). The molecule has 0 amide bonds. The summed E-state index contributed by atoms with van der Waals surface area (Å²) in [4.78, 5) is 14.6. The molecule has 0 bridgehead atoms. The second-order valence-electron chi connectivity index (χ2n) is 8.68. The Balaban J connectivity index is 1.19. The van der Waals surface area contributed by atoms with Gasteiger partial charge in [-0.2, -0.15) is 9.50 Å². The second kappa shape index (κ2) is 7.65. The van der Waals surface area contributed by atoms with E-state index < -0.39 is 0 Å². The number of rotatable bonds is 5. The molecule has 9 nitrogen and oxygen atoms in total. The van der Waals surface area contributed by atoms with Gasteiger partial charge >= 0.3 is 0 Å². The Kier molecular flexibility index (Phi) is 4.65. The average Bonchev–Trinajstić information content (AvgIpc) is 3.59. The van der Waals surface area contributed by atoms with Crippen molar-refractivity contribution in [3.05, 3.63) is 30.7 Å². The molecular weight excluding hydrogens is 392 g/mol. The van der Waals surface area contributed by atoms with Crippen LogP contribution in [0.5, 0.6) is 0 Å². The van der Waals surface area contributed by atoms with Gasteiger partial charge < -0.3 is 14.7 Å². The van der Waals surface area contributed by atoms with Crippen molar-refractivity contribution in [2.24, 2.45) is 0 Å². The maximum atomic E-state index is 6.22. The number of anilines is 1. The molecule has 2 fully saturated rings. The highest BCUT2D eigenvalue weighted by molar-refractivity contribution is 5.91. The Morgan fingerprint density at radius 1 is 1.00 bits per heavy atom. The van der Waals surface area contributed by atoms with E-state index in [9.17, 15) is 0 Å². The first-order valence-corrected chi connectivity index (χ1v) is 11.3. The van der Waals surface area contributed by atoms with Crippen molar-refractivity contribution < 1.29 is 4.42 Å². The number of furan rings is 1. The van der Waals surface area contributed by atoms with E-state index in [4.69, 9.17) is 10.2 Å². The van der Waals surface area contributed by atoms with Gasteiger partial charge in [0.2, 0.25) is 11.8 Å². The lowest BCUT2D eigenvalue weighted by molar-refractivity contribution is 0.0959. The van der Waals surface area contributed by atoms with Crippen LogP contribution in [0.25, 0.3) is 28.3 Å². The molecule has 9 heteroatoms. The molecule has 1 saturated heterocycles. The molecule has 31 heavy (non-hydrogen) atoms. The zero-order chi connectivity index (χ0) is 20.8.